The number of amides is 1. The maximum absolute atomic E-state index is 12.0. The van der Waals surface area contributed by atoms with Gasteiger partial charge in [-0.05, 0) is 35.4 Å². The van der Waals surface area contributed by atoms with Gasteiger partial charge in [0.15, 0.2) is 0 Å². The molecule has 3 aromatic rings. The van der Waals surface area contributed by atoms with Crippen molar-refractivity contribution in [2.45, 2.75) is 0 Å². The van der Waals surface area contributed by atoms with Crippen LogP contribution in [0.2, 0.25) is 0 Å². The Kier molecular flexibility index (Phi) is 3.74. The highest BCUT2D eigenvalue weighted by atomic mass is 16.1. The van der Waals surface area contributed by atoms with Gasteiger partial charge in [-0.25, -0.2) is 0 Å². The molecule has 0 atom stereocenters. The van der Waals surface area contributed by atoms with Crippen LogP contribution in [-0.4, -0.2) is 10.9 Å². The van der Waals surface area contributed by atoms with Gasteiger partial charge in [0.2, 0.25) is 0 Å². The molecule has 1 N–H and O–H groups in total. The Bertz CT molecular complexity index is 722. The van der Waals surface area contributed by atoms with Crippen molar-refractivity contribution in [1.82, 2.24) is 4.98 Å². The Labute approximate surface area is 123 Å². The minimum atomic E-state index is -0.134. The summed E-state index contributed by atoms with van der Waals surface area (Å²) >= 11 is 0. The topological polar surface area (TPSA) is 42.0 Å². The molecule has 3 heteroatoms. The Hall–Kier alpha value is -2.94. The van der Waals surface area contributed by atoms with Gasteiger partial charge < -0.3 is 5.32 Å². The van der Waals surface area contributed by atoms with Gasteiger partial charge in [0, 0.05) is 23.6 Å². The lowest BCUT2D eigenvalue weighted by Crippen LogP contribution is -2.11. The van der Waals surface area contributed by atoms with E-state index in [-0.39, 0.29) is 5.91 Å². The molecule has 0 saturated carbocycles. The molecule has 0 saturated heterocycles. The fourth-order valence-electron chi connectivity index (χ4n) is 2.08. The smallest absolute Gasteiger partial charge is 0.255 e. The van der Waals surface area contributed by atoms with Crippen LogP contribution in [0.5, 0.6) is 0 Å². The number of benzene rings is 2. The highest BCUT2D eigenvalue weighted by Gasteiger charge is 2.05. The molecule has 1 aromatic heterocycles. The van der Waals surface area contributed by atoms with E-state index in [1.165, 1.54) is 0 Å². The summed E-state index contributed by atoms with van der Waals surface area (Å²) in [6.45, 7) is 0. The quantitative estimate of drug-likeness (QED) is 0.784. The van der Waals surface area contributed by atoms with E-state index in [0.717, 1.165) is 16.8 Å². The second-order valence-electron chi connectivity index (χ2n) is 4.63. The van der Waals surface area contributed by atoms with Crippen molar-refractivity contribution in [3.8, 4) is 11.1 Å². The summed E-state index contributed by atoms with van der Waals surface area (Å²) in [6.07, 6.45) is 3.21. The maximum atomic E-state index is 12.0. The Balaban J connectivity index is 1.75. The van der Waals surface area contributed by atoms with E-state index >= 15 is 0 Å². The van der Waals surface area contributed by atoms with Crippen LogP contribution in [0.3, 0.4) is 0 Å². The molecular weight excluding hydrogens is 260 g/mol. The molecule has 0 aliphatic rings. The Morgan fingerprint density at radius 1 is 0.762 bits per heavy atom. The number of anilines is 1. The second-order valence-corrected chi connectivity index (χ2v) is 4.63. The highest BCUT2D eigenvalue weighted by molar-refractivity contribution is 6.04. The van der Waals surface area contributed by atoms with Crippen LogP contribution in [0.4, 0.5) is 5.69 Å². The number of nitrogens with zero attached hydrogens (tertiary/aromatic N) is 1. The molecule has 3 nitrogen and oxygen atoms in total. The van der Waals surface area contributed by atoms with Crippen LogP contribution in [0.1, 0.15) is 10.4 Å². The molecule has 3 rings (SSSR count). The molecule has 0 fully saturated rings. The third kappa shape index (κ3) is 3.15. The summed E-state index contributed by atoms with van der Waals surface area (Å²) in [5, 5.41) is 2.87. The zero-order valence-electron chi connectivity index (χ0n) is 11.4. The Morgan fingerprint density at radius 3 is 2.05 bits per heavy atom. The largest absolute Gasteiger partial charge is 0.322 e. The maximum Gasteiger partial charge on any atom is 0.255 e. The van der Waals surface area contributed by atoms with Gasteiger partial charge in [0.25, 0.3) is 5.91 Å². The minimum Gasteiger partial charge on any atom is -0.322 e. The van der Waals surface area contributed by atoms with Crippen molar-refractivity contribution in [2.24, 2.45) is 0 Å². The van der Waals surface area contributed by atoms with Gasteiger partial charge in [-0.15, -0.1) is 0 Å². The van der Waals surface area contributed by atoms with Crippen molar-refractivity contribution in [3.63, 3.8) is 0 Å². The third-order valence-corrected chi connectivity index (χ3v) is 3.19. The summed E-state index contributed by atoms with van der Waals surface area (Å²) in [7, 11) is 0. The summed E-state index contributed by atoms with van der Waals surface area (Å²) in [5.41, 5.74) is 3.65. The normalized spacial score (nSPS) is 10.1. The zero-order chi connectivity index (χ0) is 14.5. The van der Waals surface area contributed by atoms with Crippen molar-refractivity contribution in [3.05, 3.63) is 84.7 Å². The number of carbonyl (C=O) groups is 1. The van der Waals surface area contributed by atoms with Crippen LogP contribution in [0.25, 0.3) is 11.1 Å². The number of rotatable bonds is 3. The van der Waals surface area contributed by atoms with Gasteiger partial charge in [-0.1, -0.05) is 42.5 Å². The molecule has 2 aromatic carbocycles. The molecule has 102 valence electrons. The van der Waals surface area contributed by atoms with Crippen LogP contribution < -0.4 is 5.32 Å². The number of hydrogen-bond acceptors (Lipinski definition) is 2. The van der Waals surface area contributed by atoms with Crippen molar-refractivity contribution < 1.29 is 4.79 Å². The first-order chi connectivity index (χ1) is 10.3. The van der Waals surface area contributed by atoms with Gasteiger partial charge in [-0.3, -0.25) is 9.78 Å². The number of carbonyl (C=O) groups excluding carboxylic acids is 1. The third-order valence-electron chi connectivity index (χ3n) is 3.19. The first-order valence-electron chi connectivity index (χ1n) is 6.70. The standard InChI is InChI=1S/C18H14N2O/c21-18(16-10-12-19-13-11-16)20-17-8-6-15(7-9-17)14-4-2-1-3-5-14/h1-13H,(H,20,21). The van der Waals surface area contributed by atoms with Gasteiger partial charge >= 0.3 is 0 Å². The number of pyridine rings is 1. The predicted octanol–water partition coefficient (Wildman–Crippen LogP) is 4.00. The van der Waals surface area contributed by atoms with Crippen LogP contribution >= 0.6 is 0 Å². The van der Waals surface area contributed by atoms with Gasteiger partial charge in [-0.2, -0.15) is 0 Å². The molecule has 1 heterocycles. The number of hydrogen-bond donors (Lipinski definition) is 1. The summed E-state index contributed by atoms with van der Waals surface area (Å²) in [6, 6.07) is 21.3. The lowest BCUT2D eigenvalue weighted by molar-refractivity contribution is 0.102. The van der Waals surface area contributed by atoms with E-state index in [0.29, 0.717) is 5.56 Å². The molecular formula is C18H14N2O. The average molecular weight is 274 g/mol. The summed E-state index contributed by atoms with van der Waals surface area (Å²) in [4.78, 5) is 15.9. The highest BCUT2D eigenvalue weighted by Crippen LogP contribution is 2.21. The molecule has 0 spiro atoms. The Morgan fingerprint density at radius 2 is 1.38 bits per heavy atom. The fraction of sp³-hybridized carbons (Fsp3) is 0. The zero-order valence-corrected chi connectivity index (χ0v) is 11.4. The molecule has 0 bridgehead atoms. The van der Waals surface area contributed by atoms with Crippen LogP contribution in [-0.2, 0) is 0 Å². The van der Waals surface area contributed by atoms with E-state index in [9.17, 15) is 4.79 Å². The van der Waals surface area contributed by atoms with Crippen molar-refractivity contribution in [1.29, 1.82) is 0 Å². The molecule has 0 aliphatic carbocycles. The molecule has 0 unspecified atom stereocenters. The summed E-state index contributed by atoms with van der Waals surface area (Å²) in [5.74, 6) is -0.134. The average Bonchev–Trinajstić information content (AvgIpc) is 2.57. The van der Waals surface area contributed by atoms with E-state index in [1.54, 1.807) is 24.5 Å². The fourth-order valence-corrected chi connectivity index (χ4v) is 2.08. The monoisotopic (exact) mass is 274 g/mol. The second kappa shape index (κ2) is 6.01. The van der Waals surface area contributed by atoms with E-state index in [2.05, 4.69) is 22.4 Å². The first kappa shape index (κ1) is 13.1. The first-order valence-corrected chi connectivity index (χ1v) is 6.70. The van der Waals surface area contributed by atoms with E-state index in [1.807, 2.05) is 42.5 Å². The van der Waals surface area contributed by atoms with E-state index in [4.69, 9.17) is 0 Å². The molecule has 21 heavy (non-hydrogen) atoms. The molecule has 0 aliphatic heterocycles. The van der Waals surface area contributed by atoms with E-state index < -0.39 is 0 Å². The van der Waals surface area contributed by atoms with Crippen LogP contribution in [0.15, 0.2) is 79.1 Å². The van der Waals surface area contributed by atoms with Crippen LogP contribution in [0, 0.1) is 0 Å². The molecule has 0 radical (unpaired) electrons. The van der Waals surface area contributed by atoms with Crippen molar-refractivity contribution >= 4 is 11.6 Å². The summed E-state index contributed by atoms with van der Waals surface area (Å²) < 4.78 is 0. The predicted molar refractivity (Wildman–Crippen MR) is 84.1 cm³/mol. The number of nitrogens with one attached hydrogen (secondary N) is 1. The lowest BCUT2D eigenvalue weighted by atomic mass is 10.1. The SMILES string of the molecule is O=C(Nc1ccc(-c2ccccc2)cc1)c1ccncc1. The lowest BCUT2D eigenvalue weighted by Gasteiger charge is -2.06. The van der Waals surface area contributed by atoms with Gasteiger partial charge in [0.05, 0.1) is 0 Å². The van der Waals surface area contributed by atoms with Crippen molar-refractivity contribution in [2.75, 3.05) is 5.32 Å². The van der Waals surface area contributed by atoms with Gasteiger partial charge in [0.1, 0.15) is 0 Å². The molecule has 1 amide bonds. The minimum absolute atomic E-state index is 0.134. The number of aromatic nitrogens is 1.